The third-order valence-corrected chi connectivity index (χ3v) is 2.48. The normalized spacial score (nSPS) is 11.2. The standard InChI is InChI=1S/C13H24N4O/c1-10(2)15-13(18)5-7-14-9-12-6-8-17(16-12)11(3)4/h6,8,10-11,14H,5,7,9H2,1-4H3,(H,15,18). The van der Waals surface area contributed by atoms with Crippen LogP contribution in [0.4, 0.5) is 0 Å². The third-order valence-electron chi connectivity index (χ3n) is 2.48. The van der Waals surface area contributed by atoms with E-state index < -0.39 is 0 Å². The number of aromatic nitrogens is 2. The van der Waals surface area contributed by atoms with Crippen LogP contribution in [-0.4, -0.2) is 28.3 Å². The third kappa shape index (κ3) is 5.31. The van der Waals surface area contributed by atoms with Crippen molar-refractivity contribution in [1.29, 1.82) is 0 Å². The summed E-state index contributed by atoms with van der Waals surface area (Å²) in [7, 11) is 0. The lowest BCUT2D eigenvalue weighted by Crippen LogP contribution is -2.32. The first-order valence-electron chi connectivity index (χ1n) is 6.53. The van der Waals surface area contributed by atoms with Crippen molar-refractivity contribution in [3.63, 3.8) is 0 Å². The van der Waals surface area contributed by atoms with E-state index in [4.69, 9.17) is 0 Å². The van der Waals surface area contributed by atoms with E-state index >= 15 is 0 Å². The predicted octanol–water partition coefficient (Wildman–Crippen LogP) is 1.47. The number of rotatable bonds is 7. The molecular formula is C13H24N4O. The van der Waals surface area contributed by atoms with Crippen molar-refractivity contribution >= 4 is 5.91 Å². The fourth-order valence-electron chi connectivity index (χ4n) is 1.57. The molecule has 1 heterocycles. The van der Waals surface area contributed by atoms with Crippen molar-refractivity contribution in [3.8, 4) is 0 Å². The highest BCUT2D eigenvalue weighted by atomic mass is 16.1. The second kappa shape index (κ2) is 7.16. The molecule has 0 aromatic carbocycles. The van der Waals surface area contributed by atoms with Gasteiger partial charge in [-0.3, -0.25) is 9.48 Å². The number of amides is 1. The molecule has 1 amide bonds. The largest absolute Gasteiger partial charge is 0.354 e. The average molecular weight is 252 g/mol. The van der Waals surface area contributed by atoms with Crippen LogP contribution in [0.2, 0.25) is 0 Å². The number of nitrogens with zero attached hydrogens (tertiary/aromatic N) is 2. The van der Waals surface area contributed by atoms with Gasteiger partial charge in [0.15, 0.2) is 0 Å². The molecule has 0 atom stereocenters. The van der Waals surface area contributed by atoms with Crippen LogP contribution in [0.3, 0.4) is 0 Å². The lowest BCUT2D eigenvalue weighted by Gasteiger charge is -2.08. The average Bonchev–Trinajstić information content (AvgIpc) is 2.72. The zero-order valence-corrected chi connectivity index (χ0v) is 11.7. The van der Waals surface area contributed by atoms with Gasteiger partial charge in [-0.1, -0.05) is 0 Å². The number of hydrogen-bond donors (Lipinski definition) is 2. The molecule has 0 saturated heterocycles. The second-order valence-electron chi connectivity index (χ2n) is 5.03. The van der Waals surface area contributed by atoms with Crippen LogP contribution >= 0.6 is 0 Å². The predicted molar refractivity (Wildman–Crippen MR) is 72.2 cm³/mol. The Morgan fingerprint density at radius 2 is 2.11 bits per heavy atom. The van der Waals surface area contributed by atoms with E-state index in [1.165, 1.54) is 0 Å². The molecular weight excluding hydrogens is 228 g/mol. The highest BCUT2D eigenvalue weighted by molar-refractivity contribution is 5.76. The molecule has 1 aromatic rings. The molecule has 18 heavy (non-hydrogen) atoms. The molecule has 5 nitrogen and oxygen atoms in total. The van der Waals surface area contributed by atoms with Crippen LogP contribution in [-0.2, 0) is 11.3 Å². The first-order valence-corrected chi connectivity index (χ1v) is 6.53. The molecule has 0 aliphatic carbocycles. The summed E-state index contributed by atoms with van der Waals surface area (Å²) in [6.45, 7) is 9.50. The number of carbonyl (C=O) groups is 1. The minimum atomic E-state index is 0.0882. The van der Waals surface area contributed by atoms with Crippen molar-refractivity contribution in [2.24, 2.45) is 0 Å². The highest BCUT2D eigenvalue weighted by Crippen LogP contribution is 2.03. The van der Waals surface area contributed by atoms with Gasteiger partial charge in [0, 0.05) is 37.8 Å². The van der Waals surface area contributed by atoms with Gasteiger partial charge in [0.05, 0.1) is 5.69 Å². The maximum Gasteiger partial charge on any atom is 0.221 e. The smallest absolute Gasteiger partial charge is 0.221 e. The lowest BCUT2D eigenvalue weighted by atomic mass is 10.3. The molecule has 0 radical (unpaired) electrons. The fourth-order valence-corrected chi connectivity index (χ4v) is 1.57. The van der Waals surface area contributed by atoms with Crippen LogP contribution in [0.5, 0.6) is 0 Å². The molecule has 102 valence electrons. The van der Waals surface area contributed by atoms with Crippen LogP contribution in [0.1, 0.15) is 45.9 Å². The molecule has 0 fully saturated rings. The summed E-state index contributed by atoms with van der Waals surface area (Å²) in [6, 6.07) is 2.59. The van der Waals surface area contributed by atoms with Crippen LogP contribution < -0.4 is 10.6 Å². The number of carbonyl (C=O) groups excluding carboxylic acids is 1. The zero-order valence-electron chi connectivity index (χ0n) is 11.7. The summed E-state index contributed by atoms with van der Waals surface area (Å²) < 4.78 is 1.93. The summed E-state index contributed by atoms with van der Waals surface area (Å²) in [5.74, 6) is 0.0882. The van der Waals surface area contributed by atoms with Gasteiger partial charge >= 0.3 is 0 Å². The van der Waals surface area contributed by atoms with Gasteiger partial charge in [0.2, 0.25) is 5.91 Å². The second-order valence-corrected chi connectivity index (χ2v) is 5.03. The van der Waals surface area contributed by atoms with E-state index in [1.54, 1.807) is 0 Å². The van der Waals surface area contributed by atoms with E-state index in [1.807, 2.05) is 30.8 Å². The Kier molecular flexibility index (Phi) is 5.85. The molecule has 0 bridgehead atoms. The van der Waals surface area contributed by atoms with Crippen LogP contribution in [0.15, 0.2) is 12.3 Å². The Bertz CT molecular complexity index is 371. The minimum Gasteiger partial charge on any atom is -0.354 e. The number of nitrogens with one attached hydrogen (secondary N) is 2. The molecule has 0 unspecified atom stereocenters. The molecule has 0 aliphatic heterocycles. The fraction of sp³-hybridized carbons (Fsp3) is 0.692. The maximum absolute atomic E-state index is 11.4. The van der Waals surface area contributed by atoms with E-state index in [0.717, 1.165) is 5.69 Å². The Morgan fingerprint density at radius 1 is 1.39 bits per heavy atom. The SMILES string of the molecule is CC(C)NC(=O)CCNCc1ccn(C(C)C)n1. The molecule has 0 spiro atoms. The summed E-state index contributed by atoms with van der Waals surface area (Å²) in [5, 5.41) is 10.5. The lowest BCUT2D eigenvalue weighted by molar-refractivity contribution is -0.121. The van der Waals surface area contributed by atoms with E-state index in [9.17, 15) is 4.79 Å². The highest BCUT2D eigenvalue weighted by Gasteiger charge is 2.04. The molecule has 0 aliphatic rings. The van der Waals surface area contributed by atoms with Crippen molar-refractivity contribution < 1.29 is 4.79 Å². The zero-order chi connectivity index (χ0) is 13.5. The van der Waals surface area contributed by atoms with Crippen LogP contribution in [0, 0.1) is 0 Å². The Morgan fingerprint density at radius 3 is 2.67 bits per heavy atom. The molecule has 0 saturated carbocycles. The van der Waals surface area contributed by atoms with Crippen molar-refractivity contribution in [2.45, 2.75) is 52.7 Å². The summed E-state index contributed by atoms with van der Waals surface area (Å²) >= 11 is 0. The van der Waals surface area contributed by atoms with Gasteiger partial charge in [-0.05, 0) is 33.8 Å². The minimum absolute atomic E-state index is 0.0882. The first kappa shape index (κ1) is 14.7. The first-order chi connectivity index (χ1) is 8.49. The van der Waals surface area contributed by atoms with Crippen molar-refractivity contribution in [3.05, 3.63) is 18.0 Å². The summed E-state index contributed by atoms with van der Waals surface area (Å²) in [5.41, 5.74) is 1.01. The van der Waals surface area contributed by atoms with E-state index in [2.05, 4.69) is 29.6 Å². The molecule has 1 aromatic heterocycles. The van der Waals surface area contributed by atoms with Crippen molar-refractivity contribution in [1.82, 2.24) is 20.4 Å². The monoisotopic (exact) mass is 252 g/mol. The van der Waals surface area contributed by atoms with Gasteiger partial charge in [-0.25, -0.2) is 0 Å². The van der Waals surface area contributed by atoms with E-state index in [-0.39, 0.29) is 11.9 Å². The van der Waals surface area contributed by atoms with E-state index in [0.29, 0.717) is 25.6 Å². The van der Waals surface area contributed by atoms with Gasteiger partial charge < -0.3 is 10.6 Å². The molecule has 1 rings (SSSR count). The van der Waals surface area contributed by atoms with Crippen LogP contribution in [0.25, 0.3) is 0 Å². The summed E-state index contributed by atoms with van der Waals surface area (Å²) in [4.78, 5) is 11.4. The van der Waals surface area contributed by atoms with Gasteiger partial charge in [0.1, 0.15) is 0 Å². The molecule has 2 N–H and O–H groups in total. The van der Waals surface area contributed by atoms with Gasteiger partial charge in [0.25, 0.3) is 0 Å². The Hall–Kier alpha value is -1.36. The van der Waals surface area contributed by atoms with Gasteiger partial charge in [-0.2, -0.15) is 5.10 Å². The summed E-state index contributed by atoms with van der Waals surface area (Å²) in [6.07, 6.45) is 2.48. The Balaban J connectivity index is 2.19. The number of hydrogen-bond acceptors (Lipinski definition) is 3. The van der Waals surface area contributed by atoms with Crippen molar-refractivity contribution in [2.75, 3.05) is 6.54 Å². The quantitative estimate of drug-likeness (QED) is 0.722. The Labute approximate surface area is 109 Å². The van der Waals surface area contributed by atoms with Gasteiger partial charge in [-0.15, -0.1) is 0 Å². The topological polar surface area (TPSA) is 59.0 Å². The maximum atomic E-state index is 11.4. The molecule has 5 heteroatoms.